The molecule has 2 heterocycles. The Morgan fingerprint density at radius 1 is 0.974 bits per heavy atom. The number of hydrogen-bond acceptors (Lipinski definition) is 6. The van der Waals surface area contributed by atoms with Gasteiger partial charge in [0.1, 0.15) is 5.56 Å². The first-order valence-electron chi connectivity index (χ1n) is 12.5. The Morgan fingerprint density at radius 3 is 2.13 bits per heavy atom. The Morgan fingerprint density at radius 2 is 1.55 bits per heavy atom. The SMILES string of the molecule is C.Cc1ccc(N2CCN(CCC(=O)NC3CCN(c4ccc([N+](=O)[O-])c(C(F)(F)F)c4)CC3)CC2)cc1. The van der Waals surface area contributed by atoms with E-state index < -0.39 is 22.4 Å². The van der Waals surface area contributed by atoms with Gasteiger partial charge < -0.3 is 15.1 Å². The van der Waals surface area contributed by atoms with Gasteiger partial charge in [-0.3, -0.25) is 19.8 Å². The number of nitro benzene ring substituents is 1. The summed E-state index contributed by atoms with van der Waals surface area (Å²) < 4.78 is 39.9. The molecule has 4 rings (SSSR count). The molecular formula is C27H36F3N5O3. The van der Waals surface area contributed by atoms with Gasteiger partial charge in [-0.25, -0.2) is 0 Å². The number of nitro groups is 1. The van der Waals surface area contributed by atoms with Crippen molar-refractivity contribution < 1.29 is 22.9 Å². The van der Waals surface area contributed by atoms with Gasteiger partial charge in [0.25, 0.3) is 5.69 Å². The second kappa shape index (κ2) is 12.5. The van der Waals surface area contributed by atoms with Crippen LogP contribution in [0.2, 0.25) is 0 Å². The van der Waals surface area contributed by atoms with Gasteiger partial charge in [0, 0.05) is 75.7 Å². The monoisotopic (exact) mass is 535 g/mol. The van der Waals surface area contributed by atoms with Crippen molar-refractivity contribution >= 4 is 23.0 Å². The zero-order chi connectivity index (χ0) is 26.6. The predicted octanol–water partition coefficient (Wildman–Crippen LogP) is 4.86. The van der Waals surface area contributed by atoms with Gasteiger partial charge in [-0.05, 0) is 44.0 Å². The molecule has 1 amide bonds. The maximum absolute atomic E-state index is 13.3. The molecule has 0 saturated carbocycles. The standard InChI is InChI=1S/C26H32F3N5O3.CH4/c1-19-2-4-21(5-3-19)33-16-14-31(15-17-33)11-10-25(35)30-20-8-12-32(13-9-20)22-6-7-24(34(36)37)23(18-22)26(27,28)29;/h2-7,18,20H,8-17H2,1H3,(H,30,35);1H4. The molecule has 0 aromatic heterocycles. The average molecular weight is 536 g/mol. The fourth-order valence-corrected chi connectivity index (χ4v) is 4.93. The molecule has 2 aliphatic heterocycles. The minimum Gasteiger partial charge on any atom is -0.371 e. The topological polar surface area (TPSA) is 82.0 Å². The Balaban J connectivity index is 0.00000400. The highest BCUT2D eigenvalue weighted by atomic mass is 19.4. The molecule has 0 aliphatic carbocycles. The van der Waals surface area contributed by atoms with Crippen molar-refractivity contribution in [2.24, 2.45) is 0 Å². The van der Waals surface area contributed by atoms with E-state index in [2.05, 4.69) is 46.3 Å². The number of nitrogens with one attached hydrogen (secondary N) is 1. The predicted molar refractivity (Wildman–Crippen MR) is 143 cm³/mol. The van der Waals surface area contributed by atoms with E-state index >= 15 is 0 Å². The lowest BCUT2D eigenvalue weighted by molar-refractivity contribution is -0.388. The highest BCUT2D eigenvalue weighted by molar-refractivity contribution is 5.76. The number of anilines is 2. The summed E-state index contributed by atoms with van der Waals surface area (Å²) in [6.07, 6.45) is -3.21. The second-order valence-corrected chi connectivity index (χ2v) is 9.70. The smallest absolute Gasteiger partial charge is 0.371 e. The van der Waals surface area contributed by atoms with E-state index in [0.29, 0.717) is 44.6 Å². The molecular weight excluding hydrogens is 499 g/mol. The van der Waals surface area contributed by atoms with Crippen molar-refractivity contribution in [2.75, 3.05) is 55.6 Å². The molecule has 0 bridgehead atoms. The number of aryl methyl sites for hydroxylation is 1. The van der Waals surface area contributed by atoms with E-state index in [1.165, 1.54) is 17.3 Å². The molecule has 2 fully saturated rings. The van der Waals surface area contributed by atoms with Gasteiger partial charge in [0.05, 0.1) is 4.92 Å². The first kappa shape index (κ1) is 29.2. The molecule has 2 aromatic rings. The van der Waals surface area contributed by atoms with Crippen LogP contribution in [-0.2, 0) is 11.0 Å². The summed E-state index contributed by atoms with van der Waals surface area (Å²) in [4.78, 5) is 28.9. The van der Waals surface area contributed by atoms with Crippen molar-refractivity contribution in [2.45, 2.75) is 45.8 Å². The molecule has 0 unspecified atom stereocenters. The summed E-state index contributed by atoms with van der Waals surface area (Å²) in [6, 6.07) is 11.6. The molecule has 0 radical (unpaired) electrons. The normalized spacial score (nSPS) is 17.2. The minimum atomic E-state index is -4.81. The average Bonchev–Trinajstić information content (AvgIpc) is 2.88. The van der Waals surface area contributed by atoms with Crippen molar-refractivity contribution in [1.29, 1.82) is 0 Å². The molecule has 208 valence electrons. The first-order chi connectivity index (χ1) is 17.6. The van der Waals surface area contributed by atoms with Crippen LogP contribution in [0.4, 0.5) is 30.2 Å². The molecule has 2 aliphatic rings. The van der Waals surface area contributed by atoms with Crippen LogP contribution in [0.1, 0.15) is 37.8 Å². The number of piperazine rings is 1. The number of hydrogen-bond donors (Lipinski definition) is 1. The van der Waals surface area contributed by atoms with Crippen molar-refractivity contribution in [3.05, 3.63) is 63.7 Å². The number of amides is 1. The van der Waals surface area contributed by atoms with Crippen LogP contribution in [0, 0.1) is 17.0 Å². The van der Waals surface area contributed by atoms with Gasteiger partial charge >= 0.3 is 6.18 Å². The van der Waals surface area contributed by atoms with Crippen molar-refractivity contribution in [3.8, 4) is 0 Å². The Hall–Kier alpha value is -3.34. The third-order valence-corrected chi connectivity index (χ3v) is 7.13. The Kier molecular flexibility index (Phi) is 9.59. The maximum atomic E-state index is 13.3. The quantitative estimate of drug-likeness (QED) is 0.403. The molecule has 38 heavy (non-hydrogen) atoms. The summed E-state index contributed by atoms with van der Waals surface area (Å²) in [5.74, 6) is -0.0193. The minimum absolute atomic E-state index is 0. The third kappa shape index (κ3) is 7.37. The Labute approximate surface area is 221 Å². The molecule has 8 nitrogen and oxygen atoms in total. The summed E-state index contributed by atoms with van der Waals surface area (Å²) in [7, 11) is 0. The molecule has 0 spiro atoms. The van der Waals surface area contributed by atoms with E-state index in [0.717, 1.165) is 38.3 Å². The van der Waals surface area contributed by atoms with Crippen LogP contribution >= 0.6 is 0 Å². The summed E-state index contributed by atoms with van der Waals surface area (Å²) in [6.45, 7) is 7.31. The van der Waals surface area contributed by atoms with Gasteiger partial charge in [0.15, 0.2) is 0 Å². The number of piperidine rings is 1. The molecule has 0 atom stereocenters. The Bertz CT molecular complexity index is 1090. The first-order valence-corrected chi connectivity index (χ1v) is 12.5. The van der Waals surface area contributed by atoms with E-state index in [1.54, 1.807) is 4.90 Å². The van der Waals surface area contributed by atoms with Crippen LogP contribution in [-0.4, -0.2) is 67.6 Å². The number of alkyl halides is 3. The van der Waals surface area contributed by atoms with Crippen LogP contribution < -0.4 is 15.1 Å². The fraction of sp³-hybridized carbons (Fsp3) is 0.519. The fourth-order valence-electron chi connectivity index (χ4n) is 4.93. The number of benzene rings is 2. The van der Waals surface area contributed by atoms with Crippen LogP contribution in [0.15, 0.2) is 42.5 Å². The van der Waals surface area contributed by atoms with Crippen LogP contribution in [0.25, 0.3) is 0 Å². The van der Waals surface area contributed by atoms with Crippen molar-refractivity contribution in [1.82, 2.24) is 10.2 Å². The van der Waals surface area contributed by atoms with Crippen LogP contribution in [0.5, 0.6) is 0 Å². The lowest BCUT2D eigenvalue weighted by Crippen LogP contribution is -2.48. The number of carbonyl (C=O) groups excluding carboxylic acids is 1. The van der Waals surface area contributed by atoms with E-state index in [1.807, 2.05) is 0 Å². The van der Waals surface area contributed by atoms with Gasteiger partial charge in [-0.1, -0.05) is 25.1 Å². The molecule has 2 aromatic carbocycles. The molecule has 2 saturated heterocycles. The highest BCUT2D eigenvalue weighted by Gasteiger charge is 2.39. The maximum Gasteiger partial charge on any atom is 0.423 e. The van der Waals surface area contributed by atoms with E-state index in [9.17, 15) is 28.1 Å². The highest BCUT2D eigenvalue weighted by Crippen LogP contribution is 2.38. The van der Waals surface area contributed by atoms with Crippen LogP contribution in [0.3, 0.4) is 0 Å². The summed E-state index contributed by atoms with van der Waals surface area (Å²) in [5, 5.41) is 14.0. The number of halogens is 3. The zero-order valence-corrected chi connectivity index (χ0v) is 20.8. The van der Waals surface area contributed by atoms with E-state index in [4.69, 9.17) is 0 Å². The van der Waals surface area contributed by atoms with Gasteiger partial charge in [0.2, 0.25) is 5.91 Å². The van der Waals surface area contributed by atoms with E-state index in [-0.39, 0.29) is 19.4 Å². The number of rotatable bonds is 7. The van der Waals surface area contributed by atoms with Gasteiger partial charge in [-0.15, -0.1) is 0 Å². The summed E-state index contributed by atoms with van der Waals surface area (Å²) in [5.41, 5.74) is 0.561. The number of nitrogens with zero attached hydrogens (tertiary/aromatic N) is 4. The van der Waals surface area contributed by atoms with Crippen molar-refractivity contribution in [3.63, 3.8) is 0 Å². The lowest BCUT2D eigenvalue weighted by Gasteiger charge is -2.36. The lowest BCUT2D eigenvalue weighted by atomic mass is 10.0. The summed E-state index contributed by atoms with van der Waals surface area (Å²) >= 11 is 0. The van der Waals surface area contributed by atoms with Gasteiger partial charge in [-0.2, -0.15) is 13.2 Å². The third-order valence-electron chi connectivity index (χ3n) is 7.13. The largest absolute Gasteiger partial charge is 0.423 e. The second-order valence-electron chi connectivity index (χ2n) is 9.70. The molecule has 11 heteroatoms. The molecule has 1 N–H and O–H groups in total. The zero-order valence-electron chi connectivity index (χ0n) is 20.8. The number of carbonyl (C=O) groups is 1.